The predicted octanol–water partition coefficient (Wildman–Crippen LogP) is 2.19. The van der Waals surface area contributed by atoms with E-state index in [1.165, 1.54) is 0 Å². The number of hydrogen-bond acceptors (Lipinski definition) is 5. The summed E-state index contributed by atoms with van der Waals surface area (Å²) in [5.41, 5.74) is 1.75. The van der Waals surface area contributed by atoms with E-state index in [2.05, 4.69) is 21.2 Å². The highest BCUT2D eigenvalue weighted by Gasteiger charge is 2.53. The molecule has 2 heterocycles. The Balaban J connectivity index is 1.92. The Morgan fingerprint density at radius 1 is 1.57 bits per heavy atom. The summed E-state index contributed by atoms with van der Waals surface area (Å²) >= 11 is 3.43. The first kappa shape index (κ1) is 15.2. The smallest absolute Gasteiger partial charge is 0.159 e. The number of methoxy groups -OCH3 is 1. The lowest BCUT2D eigenvalue weighted by molar-refractivity contribution is -0.117. The molecule has 0 fully saturated rings. The molecule has 2 aliphatic heterocycles. The molecule has 23 heavy (non-hydrogen) atoms. The van der Waals surface area contributed by atoms with Gasteiger partial charge < -0.3 is 19.9 Å². The van der Waals surface area contributed by atoms with Crippen LogP contribution in [0.15, 0.2) is 22.7 Å². The van der Waals surface area contributed by atoms with Crippen molar-refractivity contribution in [2.45, 2.75) is 36.9 Å². The number of aromatic hydroxyl groups is 1. The Morgan fingerprint density at radius 3 is 3.17 bits per heavy atom. The minimum atomic E-state index is -0.346. The quantitative estimate of drug-likeness (QED) is 0.824. The number of ether oxygens (including phenoxy) is 2. The maximum Gasteiger partial charge on any atom is 0.159 e. The van der Waals surface area contributed by atoms with Crippen molar-refractivity contribution in [1.29, 1.82) is 0 Å². The number of phenols is 1. The molecule has 3 aliphatic rings. The topological polar surface area (TPSA) is 67.8 Å². The fourth-order valence-electron chi connectivity index (χ4n) is 4.10. The van der Waals surface area contributed by atoms with Crippen LogP contribution in [-0.2, 0) is 21.5 Å². The average Bonchev–Trinajstić information content (AvgIpc) is 2.76. The van der Waals surface area contributed by atoms with Gasteiger partial charge in [-0.25, -0.2) is 0 Å². The molecular formula is C17H18BrNO4. The first-order valence-electron chi connectivity index (χ1n) is 7.71. The second-order valence-corrected chi connectivity index (χ2v) is 7.25. The molecular weight excluding hydrogens is 362 g/mol. The number of hydrogen-bond donors (Lipinski definition) is 2. The van der Waals surface area contributed by atoms with Crippen molar-refractivity contribution in [3.8, 4) is 11.5 Å². The van der Waals surface area contributed by atoms with Gasteiger partial charge in [-0.3, -0.25) is 4.79 Å². The molecule has 1 aromatic carbocycles. The van der Waals surface area contributed by atoms with Crippen LogP contribution in [0.4, 0.5) is 0 Å². The van der Waals surface area contributed by atoms with E-state index in [1.807, 2.05) is 6.08 Å². The largest absolute Gasteiger partial charge is 0.507 e. The van der Waals surface area contributed by atoms with E-state index in [-0.39, 0.29) is 29.1 Å². The summed E-state index contributed by atoms with van der Waals surface area (Å²) in [4.78, 5) is 11.9. The molecule has 0 radical (unpaired) electrons. The third kappa shape index (κ3) is 2.16. The number of carbonyl (C=O) groups excluding carboxylic acids is 1. The van der Waals surface area contributed by atoms with Crippen molar-refractivity contribution in [2.75, 3.05) is 13.7 Å². The number of rotatable bonds is 2. The van der Waals surface area contributed by atoms with E-state index in [0.29, 0.717) is 29.8 Å². The first-order chi connectivity index (χ1) is 11.0. The molecule has 6 heteroatoms. The zero-order chi connectivity index (χ0) is 16.2. The second kappa shape index (κ2) is 5.33. The molecule has 5 nitrogen and oxygen atoms in total. The lowest BCUT2D eigenvalue weighted by Crippen LogP contribution is -2.45. The van der Waals surface area contributed by atoms with Crippen molar-refractivity contribution < 1.29 is 19.4 Å². The normalized spacial score (nSPS) is 31.3. The van der Waals surface area contributed by atoms with Gasteiger partial charge in [-0.2, -0.15) is 0 Å². The highest BCUT2D eigenvalue weighted by Crippen LogP contribution is 2.56. The standard InChI is InChI=1S/C17H18BrNO4/c1-22-8-10-6-17-3-2-11(20)5-13(17)23-16-14(17)9(7-19-10)4-12(21)15(16)18/h2-4,10,13,19,21H,5-8H2,1H3/t10-,13+,17+/m0/s1. The summed E-state index contributed by atoms with van der Waals surface area (Å²) in [5.74, 6) is 0.912. The maximum atomic E-state index is 11.9. The summed E-state index contributed by atoms with van der Waals surface area (Å²) in [6, 6.07) is 1.94. The van der Waals surface area contributed by atoms with Crippen LogP contribution in [0.2, 0.25) is 0 Å². The molecule has 1 aromatic rings. The number of allylic oxidation sites excluding steroid dienone is 1. The van der Waals surface area contributed by atoms with Crippen molar-refractivity contribution in [3.05, 3.63) is 33.8 Å². The Kier molecular flexibility index (Phi) is 3.51. The summed E-state index contributed by atoms with van der Waals surface area (Å²) in [6.45, 7) is 1.23. The molecule has 3 atom stereocenters. The number of phenolic OH excluding ortho intramolecular Hbond substituents is 1. The third-order valence-corrected chi connectivity index (χ3v) is 5.84. The van der Waals surface area contributed by atoms with Gasteiger partial charge in [-0.1, -0.05) is 6.08 Å². The van der Waals surface area contributed by atoms with E-state index < -0.39 is 0 Å². The third-order valence-electron chi connectivity index (χ3n) is 5.07. The Labute approximate surface area is 142 Å². The molecule has 1 spiro atoms. The van der Waals surface area contributed by atoms with Crippen molar-refractivity contribution in [1.82, 2.24) is 5.32 Å². The molecule has 0 unspecified atom stereocenters. The lowest BCUT2D eigenvalue weighted by Gasteiger charge is -2.35. The van der Waals surface area contributed by atoms with Gasteiger partial charge in [-0.05, 0) is 40.1 Å². The predicted molar refractivity (Wildman–Crippen MR) is 87.8 cm³/mol. The van der Waals surface area contributed by atoms with Crippen LogP contribution < -0.4 is 10.1 Å². The monoisotopic (exact) mass is 379 g/mol. The van der Waals surface area contributed by atoms with Crippen LogP contribution >= 0.6 is 15.9 Å². The number of benzene rings is 1. The highest BCUT2D eigenvalue weighted by atomic mass is 79.9. The van der Waals surface area contributed by atoms with Crippen molar-refractivity contribution in [2.24, 2.45) is 0 Å². The molecule has 0 aromatic heterocycles. The minimum Gasteiger partial charge on any atom is -0.507 e. The molecule has 0 amide bonds. The highest BCUT2D eigenvalue weighted by molar-refractivity contribution is 9.10. The average molecular weight is 380 g/mol. The van der Waals surface area contributed by atoms with Gasteiger partial charge in [0.05, 0.1) is 12.0 Å². The molecule has 4 rings (SSSR count). The van der Waals surface area contributed by atoms with E-state index in [0.717, 1.165) is 17.5 Å². The minimum absolute atomic E-state index is 0.0795. The Morgan fingerprint density at radius 2 is 2.39 bits per heavy atom. The van der Waals surface area contributed by atoms with E-state index >= 15 is 0 Å². The second-order valence-electron chi connectivity index (χ2n) is 6.46. The van der Waals surface area contributed by atoms with E-state index in [1.54, 1.807) is 19.3 Å². The van der Waals surface area contributed by atoms with Gasteiger partial charge in [0.25, 0.3) is 0 Å². The number of ketones is 1. The summed E-state index contributed by atoms with van der Waals surface area (Å²) < 4.78 is 12.0. The lowest BCUT2D eigenvalue weighted by atomic mass is 9.68. The number of halogens is 1. The summed E-state index contributed by atoms with van der Waals surface area (Å²) in [6.07, 6.45) is 4.60. The summed E-state index contributed by atoms with van der Waals surface area (Å²) in [5, 5.41) is 13.7. The molecule has 0 saturated heterocycles. The molecule has 0 saturated carbocycles. The molecule has 2 N–H and O–H groups in total. The molecule has 0 bridgehead atoms. The van der Waals surface area contributed by atoms with Crippen LogP contribution in [-0.4, -0.2) is 36.8 Å². The zero-order valence-corrected chi connectivity index (χ0v) is 14.4. The molecule has 122 valence electrons. The van der Waals surface area contributed by atoms with E-state index in [4.69, 9.17) is 9.47 Å². The van der Waals surface area contributed by atoms with Gasteiger partial charge in [0, 0.05) is 31.7 Å². The summed E-state index contributed by atoms with van der Waals surface area (Å²) in [7, 11) is 1.69. The van der Waals surface area contributed by atoms with Crippen LogP contribution in [0.5, 0.6) is 11.5 Å². The van der Waals surface area contributed by atoms with Crippen LogP contribution in [0, 0.1) is 0 Å². The zero-order valence-electron chi connectivity index (χ0n) is 12.8. The first-order valence-corrected chi connectivity index (χ1v) is 8.50. The van der Waals surface area contributed by atoms with Crippen molar-refractivity contribution >= 4 is 21.7 Å². The van der Waals surface area contributed by atoms with Crippen LogP contribution in [0.1, 0.15) is 24.0 Å². The maximum absolute atomic E-state index is 11.9. The van der Waals surface area contributed by atoms with E-state index in [9.17, 15) is 9.90 Å². The van der Waals surface area contributed by atoms with Gasteiger partial charge in [0.15, 0.2) is 5.78 Å². The van der Waals surface area contributed by atoms with Crippen molar-refractivity contribution in [3.63, 3.8) is 0 Å². The molecule has 1 aliphatic carbocycles. The van der Waals surface area contributed by atoms with Gasteiger partial charge in [0.1, 0.15) is 22.1 Å². The van der Waals surface area contributed by atoms with Crippen LogP contribution in [0.25, 0.3) is 0 Å². The Bertz CT molecular complexity index is 717. The van der Waals surface area contributed by atoms with Gasteiger partial charge >= 0.3 is 0 Å². The SMILES string of the molecule is COC[C@@H]1C[C@]23C=CC(=O)C[C@H]2Oc2c(Br)c(O)cc(c23)CN1. The van der Waals surface area contributed by atoms with Gasteiger partial charge in [-0.15, -0.1) is 0 Å². The fraction of sp³-hybridized carbons (Fsp3) is 0.471. The van der Waals surface area contributed by atoms with Crippen LogP contribution in [0.3, 0.4) is 0 Å². The Hall–Kier alpha value is -1.37. The number of carbonyl (C=O) groups is 1. The van der Waals surface area contributed by atoms with Gasteiger partial charge in [0.2, 0.25) is 0 Å². The number of nitrogens with one attached hydrogen (secondary N) is 1. The fourth-order valence-corrected chi connectivity index (χ4v) is 4.51.